The molecular formula is C41H49N7O9. The lowest BCUT2D eigenvalue weighted by molar-refractivity contribution is -0.135. The quantitative estimate of drug-likeness (QED) is 0.168. The Hall–Kier alpha value is -6.42. The number of H-pyrrole nitrogens is 1. The number of aliphatic hydroxyl groups is 1. The van der Waals surface area contributed by atoms with Gasteiger partial charge in [0, 0.05) is 30.4 Å². The van der Waals surface area contributed by atoms with Gasteiger partial charge in [0.05, 0.1) is 44.7 Å². The van der Waals surface area contributed by atoms with Gasteiger partial charge >= 0.3 is 0 Å². The van der Waals surface area contributed by atoms with Crippen molar-refractivity contribution < 1.29 is 43.3 Å². The molecule has 57 heavy (non-hydrogen) atoms. The molecule has 6 N–H and O–H groups in total. The van der Waals surface area contributed by atoms with E-state index < -0.39 is 54.3 Å². The molecule has 16 heteroatoms. The SMILES string of the molecule is COc1ccc2cc1Oc1cccc(OC)c1CNC(=O)[C@@H](C(C)C)NC(=O)[C@H]([C@@H](C)O)NC(=O)CN(C(=O)c1ccc(-c3ccn[nH]3)cc1)CCCCNC2=O. The van der Waals surface area contributed by atoms with Crippen LogP contribution in [-0.4, -0.2) is 102 Å². The van der Waals surface area contributed by atoms with E-state index in [1.165, 1.54) is 26.0 Å². The molecule has 3 atom stereocenters. The molecule has 4 aromatic rings. The summed E-state index contributed by atoms with van der Waals surface area (Å²) in [6, 6.07) is 15.9. The molecule has 302 valence electrons. The summed E-state index contributed by atoms with van der Waals surface area (Å²) in [5.41, 5.74) is 2.68. The molecule has 1 aromatic heterocycles. The maximum Gasteiger partial charge on any atom is 0.254 e. The number of aromatic amines is 1. The number of ether oxygens (including phenoxy) is 3. The highest BCUT2D eigenvalue weighted by Crippen LogP contribution is 2.37. The number of nitrogens with zero attached hydrogens (tertiary/aromatic N) is 2. The summed E-state index contributed by atoms with van der Waals surface area (Å²) in [6.45, 7) is 4.70. The zero-order valence-electron chi connectivity index (χ0n) is 32.6. The Morgan fingerprint density at radius 2 is 1.58 bits per heavy atom. The van der Waals surface area contributed by atoms with Gasteiger partial charge in [-0.3, -0.25) is 29.1 Å². The Bertz CT molecular complexity index is 2030. The molecular weight excluding hydrogens is 734 g/mol. The Morgan fingerprint density at radius 1 is 0.842 bits per heavy atom. The van der Waals surface area contributed by atoms with Crippen molar-refractivity contribution in [1.82, 2.24) is 36.4 Å². The number of carbonyl (C=O) groups excluding carboxylic acids is 5. The normalized spacial score (nSPS) is 18.2. The Labute approximate surface area is 330 Å². The fourth-order valence-electron chi connectivity index (χ4n) is 6.26. The van der Waals surface area contributed by atoms with Crippen LogP contribution in [0.1, 0.15) is 59.9 Å². The number of rotatable bonds is 6. The Balaban J connectivity index is 1.44. The van der Waals surface area contributed by atoms with E-state index in [1.807, 2.05) is 0 Å². The first-order valence-electron chi connectivity index (χ1n) is 18.6. The lowest BCUT2D eigenvalue weighted by Crippen LogP contribution is -2.59. The largest absolute Gasteiger partial charge is 0.496 e. The van der Waals surface area contributed by atoms with Crippen LogP contribution < -0.4 is 35.5 Å². The third-order valence-corrected chi connectivity index (χ3v) is 9.43. The van der Waals surface area contributed by atoms with Crippen molar-refractivity contribution in [1.29, 1.82) is 0 Å². The number of aliphatic hydroxyl groups excluding tert-OH is 1. The van der Waals surface area contributed by atoms with Crippen LogP contribution in [0.25, 0.3) is 11.3 Å². The fraction of sp³-hybridized carbons (Fsp3) is 0.366. The lowest BCUT2D eigenvalue weighted by atomic mass is 10.0. The molecule has 0 fully saturated rings. The first-order valence-corrected chi connectivity index (χ1v) is 18.6. The van der Waals surface area contributed by atoms with Crippen molar-refractivity contribution in [3.8, 4) is 34.3 Å². The number of methoxy groups -OCH3 is 2. The number of benzene rings is 3. The van der Waals surface area contributed by atoms with Gasteiger partial charge in [-0.25, -0.2) is 0 Å². The standard InChI is InChI=1S/C41H49N7O9/c1-24(2)36-39(52)43-22-29-31(55-4)9-8-10-32(29)57-34-21-28(15-16-33(34)56-5)38(51)42-18-6-7-20-48(23-35(50)45-37(25(3)49)40(53)46-36)41(54)27-13-11-26(12-14-27)30-17-19-44-47-30/h8-17,19,21,24-25,36-37,49H,6-7,18,20,22-23H2,1-5H3,(H,42,51)(H,43,52)(H,44,47)(H,45,50)(H,46,53)/t25-,36-,37+/m1/s1. The van der Waals surface area contributed by atoms with Crippen molar-refractivity contribution in [2.24, 2.45) is 5.92 Å². The molecule has 0 radical (unpaired) electrons. The lowest BCUT2D eigenvalue weighted by Gasteiger charge is -2.28. The first kappa shape index (κ1) is 41.7. The van der Waals surface area contributed by atoms with Crippen LogP contribution in [0.4, 0.5) is 0 Å². The highest BCUT2D eigenvalue weighted by atomic mass is 16.5. The minimum Gasteiger partial charge on any atom is -0.496 e. The molecule has 1 aliphatic rings. The molecule has 2 heterocycles. The number of hydrogen-bond acceptors (Lipinski definition) is 10. The molecule has 5 rings (SSSR count). The van der Waals surface area contributed by atoms with Crippen LogP contribution in [0.3, 0.4) is 0 Å². The van der Waals surface area contributed by atoms with Gasteiger partial charge in [-0.05, 0) is 79.8 Å². The van der Waals surface area contributed by atoms with Crippen molar-refractivity contribution in [3.05, 3.63) is 89.6 Å². The number of nitrogens with one attached hydrogen (secondary N) is 5. The van der Waals surface area contributed by atoms with Gasteiger partial charge in [-0.1, -0.05) is 32.0 Å². The van der Waals surface area contributed by atoms with Crippen LogP contribution >= 0.6 is 0 Å². The molecule has 16 nitrogen and oxygen atoms in total. The van der Waals surface area contributed by atoms with Crippen molar-refractivity contribution >= 4 is 29.5 Å². The van der Waals surface area contributed by atoms with E-state index in [2.05, 4.69) is 31.5 Å². The highest BCUT2D eigenvalue weighted by Gasteiger charge is 2.32. The second-order valence-corrected chi connectivity index (χ2v) is 13.9. The molecule has 5 amide bonds. The predicted octanol–water partition coefficient (Wildman–Crippen LogP) is 3.17. The number of carbonyl (C=O) groups is 5. The van der Waals surface area contributed by atoms with Crippen LogP contribution in [0.2, 0.25) is 0 Å². The average Bonchev–Trinajstić information content (AvgIpc) is 3.75. The molecule has 2 bridgehead atoms. The first-order chi connectivity index (χ1) is 27.4. The third kappa shape index (κ3) is 10.7. The topological polar surface area (TPSA) is 213 Å². The van der Waals surface area contributed by atoms with E-state index >= 15 is 0 Å². The summed E-state index contributed by atoms with van der Waals surface area (Å²) in [7, 11) is 2.95. The minimum atomic E-state index is -1.45. The molecule has 0 spiro atoms. The molecule has 0 saturated carbocycles. The summed E-state index contributed by atoms with van der Waals surface area (Å²) < 4.78 is 17.4. The fourth-order valence-corrected chi connectivity index (χ4v) is 6.26. The van der Waals surface area contributed by atoms with Gasteiger partial charge < -0.3 is 45.5 Å². The molecule has 1 aliphatic heterocycles. The monoisotopic (exact) mass is 783 g/mol. The summed E-state index contributed by atoms with van der Waals surface area (Å²) in [5.74, 6) is -1.93. The van der Waals surface area contributed by atoms with E-state index in [1.54, 1.807) is 86.8 Å². The van der Waals surface area contributed by atoms with Gasteiger partial charge in [0.2, 0.25) is 17.7 Å². The summed E-state index contributed by atoms with van der Waals surface area (Å²) in [4.78, 5) is 69.3. The van der Waals surface area contributed by atoms with E-state index in [0.717, 1.165) is 11.3 Å². The van der Waals surface area contributed by atoms with E-state index in [4.69, 9.17) is 14.2 Å². The summed E-state index contributed by atoms with van der Waals surface area (Å²) in [6.07, 6.45) is 1.13. The maximum absolute atomic E-state index is 13.8. The molecule has 0 aliphatic carbocycles. The predicted molar refractivity (Wildman–Crippen MR) is 210 cm³/mol. The zero-order chi connectivity index (χ0) is 41.1. The molecule has 0 unspecified atom stereocenters. The smallest absolute Gasteiger partial charge is 0.254 e. The summed E-state index contributed by atoms with van der Waals surface area (Å²) >= 11 is 0. The maximum atomic E-state index is 13.8. The van der Waals surface area contributed by atoms with Crippen LogP contribution in [0.15, 0.2) is 72.9 Å². The van der Waals surface area contributed by atoms with Crippen molar-refractivity contribution in [2.45, 2.75) is 58.3 Å². The number of fused-ring (bicyclic) bond motifs is 3. The Morgan fingerprint density at radius 3 is 2.25 bits per heavy atom. The molecule has 0 saturated heterocycles. The average molecular weight is 784 g/mol. The Kier molecular flexibility index (Phi) is 14.2. The number of aromatic nitrogens is 2. The van der Waals surface area contributed by atoms with E-state index in [9.17, 15) is 29.1 Å². The second-order valence-electron chi connectivity index (χ2n) is 13.9. The van der Waals surface area contributed by atoms with Crippen molar-refractivity contribution in [2.75, 3.05) is 33.9 Å². The second kappa shape index (κ2) is 19.4. The van der Waals surface area contributed by atoms with Gasteiger partial charge in [-0.15, -0.1) is 0 Å². The van der Waals surface area contributed by atoms with Crippen LogP contribution in [0, 0.1) is 5.92 Å². The third-order valence-electron chi connectivity index (χ3n) is 9.43. The summed E-state index contributed by atoms with van der Waals surface area (Å²) in [5, 5.41) is 28.5. The van der Waals surface area contributed by atoms with Gasteiger partial charge in [0.1, 0.15) is 23.6 Å². The van der Waals surface area contributed by atoms with Crippen LogP contribution in [-0.2, 0) is 20.9 Å². The van der Waals surface area contributed by atoms with Crippen molar-refractivity contribution in [3.63, 3.8) is 0 Å². The van der Waals surface area contributed by atoms with Gasteiger partial charge in [0.15, 0.2) is 11.5 Å². The number of amides is 5. The zero-order valence-corrected chi connectivity index (χ0v) is 32.6. The van der Waals surface area contributed by atoms with E-state index in [-0.39, 0.29) is 31.3 Å². The highest BCUT2D eigenvalue weighted by molar-refractivity contribution is 5.98. The molecule has 3 aromatic carbocycles. The van der Waals surface area contributed by atoms with Gasteiger partial charge in [-0.2, -0.15) is 5.10 Å². The number of hydrogen-bond donors (Lipinski definition) is 6. The minimum absolute atomic E-state index is 0.0773. The van der Waals surface area contributed by atoms with E-state index in [0.29, 0.717) is 46.8 Å². The van der Waals surface area contributed by atoms with Crippen LogP contribution in [0.5, 0.6) is 23.0 Å². The van der Waals surface area contributed by atoms with Gasteiger partial charge in [0.25, 0.3) is 11.8 Å².